The van der Waals surface area contributed by atoms with Crippen molar-refractivity contribution in [2.24, 2.45) is 5.92 Å². The highest BCUT2D eigenvalue weighted by Gasteiger charge is 2.39. The summed E-state index contributed by atoms with van der Waals surface area (Å²) in [6.07, 6.45) is 7.73. The average Bonchev–Trinajstić information content (AvgIpc) is 3.55. The van der Waals surface area contributed by atoms with Crippen molar-refractivity contribution in [2.45, 2.75) is 44.8 Å². The van der Waals surface area contributed by atoms with Crippen LogP contribution in [-0.2, 0) is 11.3 Å². The lowest BCUT2D eigenvalue weighted by Gasteiger charge is -2.32. The zero-order valence-corrected chi connectivity index (χ0v) is 17.9. The third kappa shape index (κ3) is 5.35. The van der Waals surface area contributed by atoms with Crippen LogP contribution in [0.4, 0.5) is 0 Å². The quantitative estimate of drug-likeness (QED) is 0.708. The second-order valence-electron chi connectivity index (χ2n) is 8.51. The number of methoxy groups -OCH3 is 1. The molecule has 30 heavy (non-hydrogen) atoms. The number of piperidine rings is 1. The molecule has 5 heteroatoms. The van der Waals surface area contributed by atoms with E-state index in [0.717, 1.165) is 25.2 Å². The number of benzene rings is 1. The molecule has 1 aromatic carbocycles. The van der Waals surface area contributed by atoms with E-state index < -0.39 is 0 Å². The lowest BCUT2D eigenvalue weighted by molar-refractivity contribution is 0.0594. The van der Waals surface area contributed by atoms with Gasteiger partial charge in [-0.2, -0.15) is 0 Å². The number of aromatic nitrogens is 1. The second-order valence-corrected chi connectivity index (χ2v) is 8.51. The number of rotatable bonds is 7. The highest BCUT2D eigenvalue weighted by Crippen LogP contribution is 2.38. The molecule has 0 bridgehead atoms. The number of carbonyl (C=O) groups excluding carboxylic acids is 1. The van der Waals surface area contributed by atoms with E-state index in [-0.39, 0.29) is 5.97 Å². The maximum absolute atomic E-state index is 11.5. The highest BCUT2D eigenvalue weighted by atomic mass is 16.5. The first-order valence-electron chi connectivity index (χ1n) is 10.9. The Labute approximate surface area is 179 Å². The first-order chi connectivity index (χ1) is 14.6. The van der Waals surface area contributed by atoms with Gasteiger partial charge in [0.1, 0.15) is 5.69 Å². The minimum atomic E-state index is -0.388. The van der Waals surface area contributed by atoms with Gasteiger partial charge in [-0.25, -0.2) is 9.78 Å². The third-order valence-corrected chi connectivity index (χ3v) is 6.23. The summed E-state index contributed by atoms with van der Waals surface area (Å²) in [6, 6.07) is 15.6. The maximum atomic E-state index is 11.5. The van der Waals surface area contributed by atoms with E-state index in [2.05, 4.69) is 58.5 Å². The van der Waals surface area contributed by atoms with Crippen molar-refractivity contribution in [1.29, 1.82) is 0 Å². The summed E-state index contributed by atoms with van der Waals surface area (Å²) in [5.74, 6) is 0.295. The highest BCUT2D eigenvalue weighted by molar-refractivity contribution is 5.86. The number of esters is 1. The van der Waals surface area contributed by atoms with Crippen LogP contribution in [0.3, 0.4) is 0 Å². The number of nitrogens with zero attached hydrogens (tertiary/aromatic N) is 2. The van der Waals surface area contributed by atoms with Crippen molar-refractivity contribution in [3.8, 4) is 0 Å². The monoisotopic (exact) mass is 405 g/mol. The van der Waals surface area contributed by atoms with Crippen LogP contribution in [0.25, 0.3) is 6.08 Å². The molecule has 1 aromatic heterocycles. The molecule has 0 radical (unpaired) electrons. The van der Waals surface area contributed by atoms with Crippen molar-refractivity contribution in [3.63, 3.8) is 0 Å². The number of hydrogen-bond donors (Lipinski definition) is 1. The zero-order valence-electron chi connectivity index (χ0n) is 17.9. The number of carbonyl (C=O) groups is 1. The number of pyridine rings is 1. The van der Waals surface area contributed by atoms with Gasteiger partial charge in [-0.15, -0.1) is 0 Å². The SMILES string of the molecule is COC(=O)c1ccc(CN2CCC(N[C@H]3CC3C(C)=Cc3ccccc3)CC2)cn1. The molecule has 2 atom stereocenters. The van der Waals surface area contributed by atoms with Crippen molar-refractivity contribution < 1.29 is 9.53 Å². The van der Waals surface area contributed by atoms with E-state index in [1.807, 2.05) is 6.07 Å². The van der Waals surface area contributed by atoms with Crippen LogP contribution < -0.4 is 5.32 Å². The van der Waals surface area contributed by atoms with E-state index >= 15 is 0 Å². The van der Waals surface area contributed by atoms with Gasteiger partial charge in [0.15, 0.2) is 0 Å². The van der Waals surface area contributed by atoms with Crippen molar-refractivity contribution in [1.82, 2.24) is 15.2 Å². The summed E-state index contributed by atoms with van der Waals surface area (Å²) in [4.78, 5) is 18.2. The van der Waals surface area contributed by atoms with Gasteiger partial charge in [-0.3, -0.25) is 4.90 Å². The average molecular weight is 406 g/mol. The third-order valence-electron chi connectivity index (χ3n) is 6.23. The topological polar surface area (TPSA) is 54.5 Å². The van der Waals surface area contributed by atoms with E-state index in [1.165, 1.54) is 37.5 Å². The van der Waals surface area contributed by atoms with Gasteiger partial charge in [0.05, 0.1) is 7.11 Å². The van der Waals surface area contributed by atoms with Crippen molar-refractivity contribution in [3.05, 3.63) is 71.1 Å². The van der Waals surface area contributed by atoms with Crippen LogP contribution in [-0.4, -0.2) is 48.1 Å². The molecule has 0 amide bonds. The lowest BCUT2D eigenvalue weighted by Crippen LogP contribution is -2.43. The molecule has 1 saturated carbocycles. The summed E-state index contributed by atoms with van der Waals surface area (Å²) in [5, 5.41) is 3.89. The van der Waals surface area contributed by atoms with E-state index in [4.69, 9.17) is 4.74 Å². The van der Waals surface area contributed by atoms with Gasteiger partial charge < -0.3 is 10.1 Å². The molecule has 2 fully saturated rings. The maximum Gasteiger partial charge on any atom is 0.356 e. The molecule has 4 rings (SSSR count). The summed E-state index contributed by atoms with van der Waals surface area (Å²) < 4.78 is 4.70. The van der Waals surface area contributed by atoms with Gasteiger partial charge >= 0.3 is 5.97 Å². The molecule has 158 valence electrons. The fourth-order valence-corrected chi connectivity index (χ4v) is 4.36. The van der Waals surface area contributed by atoms with Crippen LogP contribution >= 0.6 is 0 Å². The minimum Gasteiger partial charge on any atom is -0.464 e. The number of likely N-dealkylation sites (tertiary alicyclic amines) is 1. The van der Waals surface area contributed by atoms with Crippen LogP contribution in [0.2, 0.25) is 0 Å². The molecule has 0 spiro atoms. The van der Waals surface area contributed by atoms with E-state index in [9.17, 15) is 4.79 Å². The number of nitrogens with one attached hydrogen (secondary N) is 1. The molecule has 5 nitrogen and oxygen atoms in total. The predicted molar refractivity (Wildman–Crippen MR) is 119 cm³/mol. The predicted octanol–water partition coefficient (Wildman–Crippen LogP) is 3.91. The first kappa shape index (κ1) is 20.8. The molecule has 2 aliphatic rings. The summed E-state index contributed by atoms with van der Waals surface area (Å²) in [7, 11) is 1.38. The molecule has 2 aromatic rings. The molecule has 2 heterocycles. The van der Waals surface area contributed by atoms with E-state index in [1.54, 1.807) is 12.3 Å². The Morgan fingerprint density at radius 1 is 1.20 bits per heavy atom. The van der Waals surface area contributed by atoms with Crippen LogP contribution in [0.15, 0.2) is 54.2 Å². The Hall–Kier alpha value is -2.50. The van der Waals surface area contributed by atoms with Crippen molar-refractivity contribution >= 4 is 12.0 Å². The van der Waals surface area contributed by atoms with Crippen LogP contribution in [0.5, 0.6) is 0 Å². The normalized spacial score (nSPS) is 22.7. The Kier molecular flexibility index (Phi) is 6.60. The molecular formula is C25H31N3O2. The molecule has 1 aliphatic heterocycles. The molecule has 1 N–H and O–H groups in total. The Balaban J connectivity index is 1.20. The van der Waals surface area contributed by atoms with Crippen LogP contribution in [0.1, 0.15) is 47.8 Å². The molecular weight excluding hydrogens is 374 g/mol. The van der Waals surface area contributed by atoms with Gasteiger partial charge in [-0.1, -0.05) is 48.0 Å². The lowest BCUT2D eigenvalue weighted by atomic mass is 10.0. The number of ether oxygens (including phenoxy) is 1. The largest absolute Gasteiger partial charge is 0.464 e. The fraction of sp³-hybridized carbons (Fsp3) is 0.440. The summed E-state index contributed by atoms with van der Waals surface area (Å²) >= 11 is 0. The Morgan fingerprint density at radius 3 is 2.63 bits per heavy atom. The zero-order chi connectivity index (χ0) is 20.9. The summed E-state index contributed by atoms with van der Waals surface area (Å²) in [5.41, 5.74) is 4.28. The van der Waals surface area contributed by atoms with Gasteiger partial charge in [0.2, 0.25) is 0 Å². The Bertz CT molecular complexity index is 871. The number of hydrogen-bond acceptors (Lipinski definition) is 5. The first-order valence-corrected chi connectivity index (χ1v) is 10.9. The standard InChI is InChI=1S/C25H31N3O2/c1-18(14-19-6-4-3-5-7-19)22-15-24(22)27-21-10-12-28(13-11-21)17-20-8-9-23(26-16-20)25(29)30-2/h3-9,14,16,21-22,24,27H,10-13,15,17H2,1-2H3/t22?,24-/m0/s1. The fourth-order valence-electron chi connectivity index (χ4n) is 4.36. The van der Waals surface area contributed by atoms with E-state index in [0.29, 0.717) is 23.7 Å². The summed E-state index contributed by atoms with van der Waals surface area (Å²) in [6.45, 7) is 5.33. The molecule has 1 saturated heterocycles. The second kappa shape index (κ2) is 9.54. The minimum absolute atomic E-state index is 0.361. The Morgan fingerprint density at radius 2 is 1.97 bits per heavy atom. The van der Waals surface area contributed by atoms with Gasteiger partial charge in [0.25, 0.3) is 0 Å². The van der Waals surface area contributed by atoms with Crippen LogP contribution in [0, 0.1) is 5.92 Å². The molecule has 1 aliphatic carbocycles. The smallest absolute Gasteiger partial charge is 0.356 e. The van der Waals surface area contributed by atoms with Crippen molar-refractivity contribution in [2.75, 3.05) is 20.2 Å². The van der Waals surface area contributed by atoms with Gasteiger partial charge in [-0.05, 0) is 62.4 Å². The van der Waals surface area contributed by atoms with Gasteiger partial charge in [0, 0.05) is 24.8 Å². The molecule has 1 unspecified atom stereocenters.